The third-order valence-electron chi connectivity index (χ3n) is 6.88. The Hall–Kier alpha value is -1.73. The van der Waals surface area contributed by atoms with E-state index in [-0.39, 0.29) is 0 Å². The number of hydrogen-bond acceptors (Lipinski definition) is 6. The molecule has 2 aromatic heterocycles. The number of aliphatic hydroxyl groups is 1. The average molecular weight is 371 g/mol. The second kappa shape index (κ2) is 6.71. The Balaban J connectivity index is 1.23. The molecule has 1 aliphatic heterocycles. The van der Waals surface area contributed by atoms with Crippen molar-refractivity contribution in [2.24, 2.45) is 0 Å². The zero-order valence-corrected chi connectivity index (χ0v) is 16.2. The van der Waals surface area contributed by atoms with E-state index < -0.39 is 5.60 Å². The Morgan fingerprint density at radius 2 is 1.89 bits per heavy atom. The lowest BCUT2D eigenvalue weighted by Gasteiger charge is -2.47. The fourth-order valence-electron chi connectivity index (χ4n) is 4.77. The molecule has 0 spiro atoms. The Labute approximate surface area is 160 Å². The number of hydrogen-bond donors (Lipinski definition) is 1. The van der Waals surface area contributed by atoms with Crippen LogP contribution < -0.4 is 4.90 Å². The van der Waals surface area contributed by atoms with Gasteiger partial charge in [-0.05, 0) is 44.9 Å². The highest BCUT2D eigenvalue weighted by Gasteiger charge is 2.37. The monoisotopic (exact) mass is 370 g/mol. The van der Waals surface area contributed by atoms with Crippen molar-refractivity contribution in [3.8, 4) is 0 Å². The second-order valence-corrected chi connectivity index (χ2v) is 8.91. The van der Waals surface area contributed by atoms with Crippen LogP contribution in [0.4, 0.5) is 5.82 Å². The molecule has 2 aliphatic carbocycles. The van der Waals surface area contributed by atoms with Gasteiger partial charge in [-0.2, -0.15) is 4.52 Å². The molecule has 27 heavy (non-hydrogen) atoms. The molecule has 7 nitrogen and oxygen atoms in total. The van der Waals surface area contributed by atoms with Gasteiger partial charge in [0, 0.05) is 31.6 Å². The predicted molar refractivity (Wildman–Crippen MR) is 104 cm³/mol. The van der Waals surface area contributed by atoms with Crippen LogP contribution in [0.2, 0.25) is 0 Å². The van der Waals surface area contributed by atoms with Gasteiger partial charge in [0.25, 0.3) is 0 Å². The number of likely N-dealkylation sites (N-methyl/N-ethyl adjacent to an activating group) is 1. The van der Waals surface area contributed by atoms with Gasteiger partial charge >= 0.3 is 0 Å². The van der Waals surface area contributed by atoms with E-state index in [1.54, 1.807) is 0 Å². The molecule has 5 rings (SSSR count). The summed E-state index contributed by atoms with van der Waals surface area (Å²) >= 11 is 0. The lowest BCUT2D eigenvalue weighted by Crippen LogP contribution is -2.61. The number of fused-ring (bicyclic) bond motifs is 1. The minimum atomic E-state index is -0.481. The highest BCUT2D eigenvalue weighted by Crippen LogP contribution is 2.35. The van der Waals surface area contributed by atoms with Crippen LogP contribution >= 0.6 is 0 Å². The summed E-state index contributed by atoms with van der Waals surface area (Å²) in [6.45, 7) is 2.72. The maximum absolute atomic E-state index is 10.8. The molecule has 0 bridgehead atoms. The summed E-state index contributed by atoms with van der Waals surface area (Å²) in [5.74, 6) is 2.55. The van der Waals surface area contributed by atoms with E-state index in [9.17, 15) is 5.11 Å². The molecule has 2 saturated carbocycles. The first-order chi connectivity index (χ1) is 13.1. The van der Waals surface area contributed by atoms with Crippen molar-refractivity contribution < 1.29 is 5.11 Å². The fourth-order valence-corrected chi connectivity index (χ4v) is 4.77. The molecule has 3 heterocycles. The molecule has 0 aromatic carbocycles. The highest BCUT2D eigenvalue weighted by molar-refractivity contribution is 5.48. The van der Waals surface area contributed by atoms with Crippen molar-refractivity contribution >= 4 is 11.5 Å². The molecule has 1 N–H and O–H groups in total. The van der Waals surface area contributed by atoms with Crippen LogP contribution in [0.25, 0.3) is 5.65 Å². The molecule has 0 amide bonds. The van der Waals surface area contributed by atoms with Crippen molar-refractivity contribution in [2.45, 2.75) is 68.9 Å². The number of aromatic nitrogens is 4. The summed E-state index contributed by atoms with van der Waals surface area (Å²) in [5.41, 5.74) is 0.361. The van der Waals surface area contributed by atoms with Gasteiger partial charge in [0.05, 0.1) is 5.60 Å². The van der Waals surface area contributed by atoms with Gasteiger partial charge in [0.1, 0.15) is 5.82 Å². The van der Waals surface area contributed by atoms with Crippen molar-refractivity contribution in [3.05, 3.63) is 18.0 Å². The van der Waals surface area contributed by atoms with E-state index in [0.29, 0.717) is 12.0 Å². The van der Waals surface area contributed by atoms with Crippen LogP contribution in [0, 0.1) is 0 Å². The molecule has 1 saturated heterocycles. The van der Waals surface area contributed by atoms with Crippen LogP contribution in [0.15, 0.2) is 12.1 Å². The van der Waals surface area contributed by atoms with E-state index in [0.717, 1.165) is 62.6 Å². The summed E-state index contributed by atoms with van der Waals surface area (Å²) in [4.78, 5) is 4.66. The summed E-state index contributed by atoms with van der Waals surface area (Å²) in [6.07, 6.45) is 9.17. The molecule has 0 atom stereocenters. The van der Waals surface area contributed by atoms with Crippen molar-refractivity contribution in [1.29, 1.82) is 0 Å². The van der Waals surface area contributed by atoms with Gasteiger partial charge in [0.2, 0.25) is 0 Å². The molecule has 0 radical (unpaired) electrons. The zero-order valence-electron chi connectivity index (χ0n) is 16.2. The van der Waals surface area contributed by atoms with Crippen molar-refractivity contribution in [1.82, 2.24) is 24.7 Å². The molecule has 146 valence electrons. The fraction of sp³-hybridized carbons (Fsp3) is 0.750. The van der Waals surface area contributed by atoms with Crippen LogP contribution in [0.5, 0.6) is 0 Å². The lowest BCUT2D eigenvalue weighted by atomic mass is 9.84. The maximum Gasteiger partial charge on any atom is 0.178 e. The van der Waals surface area contributed by atoms with Gasteiger partial charge in [0.15, 0.2) is 11.5 Å². The van der Waals surface area contributed by atoms with Gasteiger partial charge in [-0.1, -0.05) is 25.7 Å². The molecular formula is C20H30N6O. The normalized spacial score (nSPS) is 23.6. The second-order valence-electron chi connectivity index (χ2n) is 8.91. The largest absolute Gasteiger partial charge is 0.389 e. The average Bonchev–Trinajstić information content (AvgIpc) is 2.95. The van der Waals surface area contributed by atoms with Gasteiger partial charge in [-0.25, -0.2) is 0 Å². The van der Waals surface area contributed by atoms with E-state index in [2.05, 4.69) is 33.1 Å². The molecule has 0 unspecified atom stereocenters. The minimum Gasteiger partial charge on any atom is -0.389 e. The first kappa shape index (κ1) is 17.4. The number of nitrogens with zero attached hydrogens (tertiary/aromatic N) is 6. The van der Waals surface area contributed by atoms with Gasteiger partial charge < -0.3 is 10.0 Å². The Kier molecular flexibility index (Phi) is 4.31. The summed E-state index contributed by atoms with van der Waals surface area (Å²) in [6, 6.07) is 4.57. The van der Waals surface area contributed by atoms with Gasteiger partial charge in [-0.3, -0.25) is 4.90 Å². The highest BCUT2D eigenvalue weighted by atomic mass is 16.3. The summed E-state index contributed by atoms with van der Waals surface area (Å²) in [7, 11) is 2.15. The lowest BCUT2D eigenvalue weighted by molar-refractivity contribution is -0.0316. The van der Waals surface area contributed by atoms with Crippen molar-refractivity contribution in [3.63, 3.8) is 0 Å². The quantitative estimate of drug-likeness (QED) is 0.870. The topological polar surface area (TPSA) is 69.8 Å². The number of rotatable bonds is 5. The number of anilines is 1. The SMILES string of the molecule is CN(CC1(O)CCCCC1)C1CN(c2ccc3nnc(C4CCC4)n3n2)C1. The van der Waals surface area contributed by atoms with Crippen LogP contribution in [0.3, 0.4) is 0 Å². The molecule has 2 aromatic rings. The summed E-state index contributed by atoms with van der Waals surface area (Å²) in [5, 5.41) is 24.3. The first-order valence-corrected chi connectivity index (χ1v) is 10.5. The first-order valence-electron chi connectivity index (χ1n) is 10.5. The van der Waals surface area contributed by atoms with Crippen molar-refractivity contribution in [2.75, 3.05) is 31.6 Å². The Bertz CT molecular complexity index is 804. The van der Waals surface area contributed by atoms with Crippen LogP contribution in [-0.2, 0) is 0 Å². The van der Waals surface area contributed by atoms with Crippen LogP contribution in [-0.4, -0.2) is 68.1 Å². The smallest absolute Gasteiger partial charge is 0.178 e. The molecule has 3 aliphatic rings. The standard InChI is InChI=1S/C20H30N6O/c1-24(14-20(27)10-3-2-4-11-20)16-12-25(13-16)18-9-8-17-21-22-19(26(17)23-18)15-6-5-7-15/h8-9,15-16,27H,2-7,10-14H2,1H3. The third kappa shape index (κ3) is 3.21. The minimum absolute atomic E-state index is 0.481. The van der Waals surface area contributed by atoms with E-state index in [1.807, 2.05) is 10.6 Å². The maximum atomic E-state index is 10.8. The van der Waals surface area contributed by atoms with Crippen LogP contribution in [0.1, 0.15) is 63.1 Å². The van der Waals surface area contributed by atoms with E-state index >= 15 is 0 Å². The van der Waals surface area contributed by atoms with Gasteiger partial charge in [-0.15, -0.1) is 15.3 Å². The Morgan fingerprint density at radius 3 is 2.59 bits per heavy atom. The molecule has 3 fully saturated rings. The van der Waals surface area contributed by atoms with E-state index in [4.69, 9.17) is 5.10 Å². The predicted octanol–water partition coefficient (Wildman–Crippen LogP) is 2.21. The molecular weight excluding hydrogens is 340 g/mol. The third-order valence-corrected chi connectivity index (χ3v) is 6.88. The zero-order chi connectivity index (χ0) is 18.4. The Morgan fingerprint density at radius 1 is 1.11 bits per heavy atom. The summed E-state index contributed by atoms with van der Waals surface area (Å²) < 4.78 is 1.95. The van der Waals surface area contributed by atoms with E-state index in [1.165, 1.54) is 25.7 Å². The molecule has 7 heteroatoms.